The van der Waals surface area contributed by atoms with Crippen LogP contribution < -0.4 is 5.32 Å². The molecule has 1 saturated carbocycles. The van der Waals surface area contributed by atoms with Crippen LogP contribution in [0, 0.1) is 11.3 Å². The zero-order valence-corrected chi connectivity index (χ0v) is 7.75. The summed E-state index contributed by atoms with van der Waals surface area (Å²) in [5.74, 6) is 0.803. The van der Waals surface area contributed by atoms with E-state index in [9.17, 15) is 0 Å². The molecule has 0 bridgehead atoms. The summed E-state index contributed by atoms with van der Waals surface area (Å²) in [4.78, 5) is 0. The van der Waals surface area contributed by atoms with Gasteiger partial charge in [0.25, 0.3) is 0 Å². The highest BCUT2D eigenvalue weighted by molar-refractivity contribution is 5.85. The maximum atomic E-state index is 5.16. The molecule has 2 nitrogen and oxygen atoms in total. The van der Waals surface area contributed by atoms with E-state index in [4.69, 9.17) is 4.74 Å². The summed E-state index contributed by atoms with van der Waals surface area (Å²) in [6.07, 6.45) is 2.85. The van der Waals surface area contributed by atoms with E-state index >= 15 is 0 Å². The summed E-state index contributed by atoms with van der Waals surface area (Å²) < 4.78 is 5.16. The lowest BCUT2D eigenvalue weighted by molar-refractivity contribution is 0.134. The van der Waals surface area contributed by atoms with Gasteiger partial charge in [0.05, 0.1) is 6.61 Å². The van der Waals surface area contributed by atoms with Crippen molar-refractivity contribution in [2.45, 2.75) is 12.8 Å². The van der Waals surface area contributed by atoms with Crippen molar-refractivity contribution in [1.29, 1.82) is 0 Å². The Balaban J connectivity index is 0.000000605. The Hall–Kier alpha value is 0.210. The van der Waals surface area contributed by atoms with Crippen LogP contribution in [0.2, 0.25) is 0 Å². The Labute approximate surface area is 74.1 Å². The molecule has 0 amide bonds. The molecule has 3 heteroatoms. The van der Waals surface area contributed by atoms with Crippen LogP contribution in [-0.2, 0) is 4.74 Å². The molecule has 1 atom stereocenters. The van der Waals surface area contributed by atoms with Gasteiger partial charge in [-0.05, 0) is 18.3 Å². The van der Waals surface area contributed by atoms with Gasteiger partial charge in [0.15, 0.2) is 0 Å². The summed E-state index contributed by atoms with van der Waals surface area (Å²) in [7, 11) is 1.80. The zero-order valence-electron chi connectivity index (χ0n) is 6.93. The molecular formula is C8H16ClNO. The summed E-state index contributed by atoms with van der Waals surface area (Å²) in [6, 6.07) is 0. The molecule has 1 N–H and O–H groups in total. The van der Waals surface area contributed by atoms with Gasteiger partial charge in [-0.15, -0.1) is 12.4 Å². The summed E-state index contributed by atoms with van der Waals surface area (Å²) >= 11 is 0. The maximum absolute atomic E-state index is 5.16. The molecule has 0 aromatic heterocycles. The van der Waals surface area contributed by atoms with Crippen LogP contribution in [0.3, 0.4) is 0 Å². The highest BCUT2D eigenvalue weighted by Gasteiger charge is 2.51. The highest BCUT2D eigenvalue weighted by atomic mass is 35.5. The number of hydrogen-bond acceptors (Lipinski definition) is 2. The molecule has 1 saturated heterocycles. The molecule has 2 rings (SSSR count). The van der Waals surface area contributed by atoms with E-state index in [2.05, 4.69) is 5.32 Å². The number of halogens is 1. The van der Waals surface area contributed by atoms with Crippen LogP contribution >= 0.6 is 12.4 Å². The average Bonchev–Trinajstić information content (AvgIpc) is 2.57. The highest BCUT2D eigenvalue weighted by Crippen LogP contribution is 2.53. The van der Waals surface area contributed by atoms with Crippen LogP contribution in [-0.4, -0.2) is 26.8 Å². The molecule has 0 radical (unpaired) electrons. The second-order valence-corrected chi connectivity index (χ2v) is 3.65. The monoisotopic (exact) mass is 177 g/mol. The van der Waals surface area contributed by atoms with E-state index in [1.807, 2.05) is 0 Å². The van der Waals surface area contributed by atoms with Gasteiger partial charge in [-0.2, -0.15) is 0 Å². The third-order valence-corrected chi connectivity index (χ3v) is 2.99. The quantitative estimate of drug-likeness (QED) is 0.681. The van der Waals surface area contributed by atoms with Crippen LogP contribution in [0.1, 0.15) is 12.8 Å². The SMILES string of the molecule is COCC1CNCC12CC2.Cl. The lowest BCUT2D eigenvalue weighted by atomic mass is 9.94. The molecule has 1 aliphatic carbocycles. The fraction of sp³-hybridized carbons (Fsp3) is 1.00. The van der Waals surface area contributed by atoms with Crippen molar-refractivity contribution in [2.75, 3.05) is 26.8 Å². The summed E-state index contributed by atoms with van der Waals surface area (Å²) in [5.41, 5.74) is 0.677. The van der Waals surface area contributed by atoms with Gasteiger partial charge in [0.1, 0.15) is 0 Å². The van der Waals surface area contributed by atoms with Crippen molar-refractivity contribution in [1.82, 2.24) is 5.32 Å². The van der Waals surface area contributed by atoms with Gasteiger partial charge in [-0.1, -0.05) is 0 Å². The van der Waals surface area contributed by atoms with Crippen molar-refractivity contribution in [3.8, 4) is 0 Å². The molecular weight excluding hydrogens is 162 g/mol. The average molecular weight is 178 g/mol. The predicted molar refractivity (Wildman–Crippen MR) is 47.2 cm³/mol. The number of rotatable bonds is 2. The topological polar surface area (TPSA) is 21.3 Å². The number of hydrogen-bond donors (Lipinski definition) is 1. The lowest BCUT2D eigenvalue weighted by Crippen LogP contribution is -2.18. The molecule has 0 aromatic rings. The van der Waals surface area contributed by atoms with Crippen LogP contribution in [0.15, 0.2) is 0 Å². The van der Waals surface area contributed by atoms with Gasteiger partial charge < -0.3 is 10.1 Å². The number of methoxy groups -OCH3 is 1. The zero-order chi connectivity index (χ0) is 7.03. The van der Waals surface area contributed by atoms with Gasteiger partial charge in [-0.25, -0.2) is 0 Å². The van der Waals surface area contributed by atoms with E-state index < -0.39 is 0 Å². The Morgan fingerprint density at radius 2 is 2.27 bits per heavy atom. The van der Waals surface area contributed by atoms with Crippen LogP contribution in [0.5, 0.6) is 0 Å². The standard InChI is InChI=1S/C8H15NO.ClH/c1-10-5-7-4-9-6-8(7)2-3-8;/h7,9H,2-6H2,1H3;1H. The normalized spacial score (nSPS) is 31.9. The van der Waals surface area contributed by atoms with Crippen molar-refractivity contribution in [3.05, 3.63) is 0 Å². The Morgan fingerprint density at radius 3 is 2.82 bits per heavy atom. The van der Waals surface area contributed by atoms with Crippen LogP contribution in [0.25, 0.3) is 0 Å². The molecule has 2 aliphatic rings. The van der Waals surface area contributed by atoms with Gasteiger partial charge >= 0.3 is 0 Å². The van der Waals surface area contributed by atoms with Crippen molar-refractivity contribution in [3.63, 3.8) is 0 Å². The Bertz CT molecular complexity index is 136. The second kappa shape index (κ2) is 3.30. The predicted octanol–water partition coefficient (Wildman–Crippen LogP) is 1.05. The molecule has 1 unspecified atom stereocenters. The van der Waals surface area contributed by atoms with Crippen molar-refractivity contribution < 1.29 is 4.74 Å². The van der Waals surface area contributed by atoms with Crippen LogP contribution in [0.4, 0.5) is 0 Å². The molecule has 1 spiro atoms. The molecule has 1 aliphatic heterocycles. The van der Waals surface area contributed by atoms with Crippen molar-refractivity contribution >= 4 is 12.4 Å². The Kier molecular flexibility index (Phi) is 2.79. The molecule has 2 fully saturated rings. The molecule has 1 heterocycles. The number of ether oxygens (including phenoxy) is 1. The minimum Gasteiger partial charge on any atom is -0.384 e. The summed E-state index contributed by atoms with van der Waals surface area (Å²) in [6.45, 7) is 3.36. The van der Waals surface area contributed by atoms with E-state index in [-0.39, 0.29) is 12.4 Å². The van der Waals surface area contributed by atoms with E-state index in [0.29, 0.717) is 5.41 Å². The fourth-order valence-corrected chi connectivity index (χ4v) is 2.04. The van der Waals surface area contributed by atoms with Gasteiger partial charge in [0, 0.05) is 26.1 Å². The van der Waals surface area contributed by atoms with Gasteiger partial charge in [0.2, 0.25) is 0 Å². The minimum atomic E-state index is 0. The minimum absolute atomic E-state index is 0. The van der Waals surface area contributed by atoms with Crippen molar-refractivity contribution in [2.24, 2.45) is 11.3 Å². The van der Waals surface area contributed by atoms with Gasteiger partial charge in [-0.3, -0.25) is 0 Å². The fourth-order valence-electron chi connectivity index (χ4n) is 2.04. The first-order chi connectivity index (χ1) is 4.87. The van der Waals surface area contributed by atoms with E-state index in [1.54, 1.807) is 7.11 Å². The van der Waals surface area contributed by atoms with E-state index in [0.717, 1.165) is 12.5 Å². The van der Waals surface area contributed by atoms with E-state index in [1.165, 1.54) is 25.9 Å². The second-order valence-electron chi connectivity index (χ2n) is 3.65. The first-order valence-corrected chi connectivity index (χ1v) is 4.07. The third-order valence-electron chi connectivity index (χ3n) is 2.99. The molecule has 66 valence electrons. The number of nitrogens with one attached hydrogen (secondary N) is 1. The Morgan fingerprint density at radius 1 is 1.55 bits per heavy atom. The molecule has 11 heavy (non-hydrogen) atoms. The largest absolute Gasteiger partial charge is 0.384 e. The third kappa shape index (κ3) is 1.53. The smallest absolute Gasteiger partial charge is 0.0508 e. The first-order valence-electron chi connectivity index (χ1n) is 4.07. The summed E-state index contributed by atoms with van der Waals surface area (Å²) in [5, 5.41) is 3.43. The lowest BCUT2D eigenvalue weighted by Gasteiger charge is -2.14. The maximum Gasteiger partial charge on any atom is 0.0508 e. The first kappa shape index (κ1) is 9.30. The molecule has 0 aromatic carbocycles.